The average molecular weight is 425 g/mol. The number of hydrogen-bond donors (Lipinski definition) is 1. The molecule has 32 heavy (non-hydrogen) atoms. The fourth-order valence-corrected chi connectivity index (χ4v) is 3.89. The van der Waals surface area contributed by atoms with E-state index in [2.05, 4.69) is 25.2 Å². The summed E-state index contributed by atoms with van der Waals surface area (Å²) in [5, 5.41) is 2.99. The van der Waals surface area contributed by atoms with Gasteiger partial charge in [0.1, 0.15) is 11.8 Å². The van der Waals surface area contributed by atoms with Gasteiger partial charge in [-0.2, -0.15) is 0 Å². The molecule has 3 aromatic heterocycles. The zero-order valence-electron chi connectivity index (χ0n) is 17.8. The lowest BCUT2D eigenvalue weighted by Gasteiger charge is -2.35. The van der Waals surface area contributed by atoms with Gasteiger partial charge >= 0.3 is 6.03 Å². The van der Waals surface area contributed by atoms with Crippen LogP contribution in [0.25, 0.3) is 22.3 Å². The van der Waals surface area contributed by atoms with Crippen molar-refractivity contribution >= 4 is 28.6 Å². The van der Waals surface area contributed by atoms with Gasteiger partial charge in [-0.15, -0.1) is 0 Å². The third-order valence-electron chi connectivity index (χ3n) is 5.57. The van der Waals surface area contributed by atoms with Crippen molar-refractivity contribution in [3.05, 3.63) is 72.8 Å². The quantitative estimate of drug-likeness (QED) is 0.538. The minimum atomic E-state index is -0.0825. The van der Waals surface area contributed by atoms with Crippen molar-refractivity contribution in [2.45, 2.75) is 6.92 Å². The Labute approximate surface area is 186 Å². The number of anilines is 2. The Bertz CT molecular complexity index is 1250. The normalized spacial score (nSPS) is 13.9. The highest BCUT2D eigenvalue weighted by Crippen LogP contribution is 2.26. The molecule has 160 valence electrons. The van der Waals surface area contributed by atoms with E-state index in [4.69, 9.17) is 4.98 Å². The predicted octanol–water partition coefficient (Wildman–Crippen LogP) is 3.75. The number of nitrogens with zero attached hydrogens (tertiary/aromatic N) is 6. The third-order valence-corrected chi connectivity index (χ3v) is 5.57. The summed E-state index contributed by atoms with van der Waals surface area (Å²) in [6.07, 6.45) is 5.08. The van der Waals surface area contributed by atoms with Gasteiger partial charge in [-0.1, -0.05) is 12.1 Å². The molecule has 8 nitrogen and oxygen atoms in total. The van der Waals surface area contributed by atoms with Gasteiger partial charge in [0.2, 0.25) is 0 Å². The van der Waals surface area contributed by atoms with Crippen LogP contribution in [0.15, 0.2) is 67.3 Å². The molecule has 0 bridgehead atoms. The number of amides is 2. The molecule has 8 heteroatoms. The predicted molar refractivity (Wildman–Crippen MR) is 125 cm³/mol. The molecule has 0 aliphatic carbocycles. The number of urea groups is 1. The topological polar surface area (TPSA) is 87.1 Å². The first-order valence-corrected chi connectivity index (χ1v) is 10.6. The van der Waals surface area contributed by atoms with Crippen LogP contribution in [0, 0.1) is 6.92 Å². The number of pyridine rings is 2. The molecule has 1 aliphatic heterocycles. The molecule has 0 saturated carbocycles. The molecule has 2 amide bonds. The molecular formula is C24H23N7O. The average Bonchev–Trinajstić information content (AvgIpc) is 2.84. The van der Waals surface area contributed by atoms with Crippen LogP contribution in [-0.4, -0.2) is 57.0 Å². The second kappa shape index (κ2) is 8.58. The van der Waals surface area contributed by atoms with E-state index in [9.17, 15) is 4.79 Å². The van der Waals surface area contributed by atoms with Gasteiger partial charge in [0.15, 0.2) is 5.82 Å². The van der Waals surface area contributed by atoms with Crippen LogP contribution in [0.3, 0.4) is 0 Å². The minimum absolute atomic E-state index is 0.0825. The Balaban J connectivity index is 1.33. The largest absolute Gasteiger partial charge is 0.351 e. The van der Waals surface area contributed by atoms with Crippen molar-refractivity contribution < 1.29 is 4.79 Å². The fourth-order valence-electron chi connectivity index (χ4n) is 3.89. The van der Waals surface area contributed by atoms with Gasteiger partial charge in [-0.25, -0.2) is 19.7 Å². The summed E-state index contributed by atoms with van der Waals surface area (Å²) in [6, 6.07) is 15.5. The highest BCUT2D eigenvalue weighted by Gasteiger charge is 2.24. The number of benzene rings is 1. The van der Waals surface area contributed by atoms with Crippen molar-refractivity contribution in [3.8, 4) is 11.3 Å². The first-order valence-electron chi connectivity index (χ1n) is 10.6. The first-order chi connectivity index (χ1) is 15.7. The van der Waals surface area contributed by atoms with Crippen LogP contribution in [0.2, 0.25) is 0 Å². The van der Waals surface area contributed by atoms with Gasteiger partial charge in [-0.05, 0) is 48.9 Å². The SMILES string of the molecule is Cc1cccc(NC(=O)N2CCN(c3ncnc4ccc(-c5ccncc5)nc34)CC2)c1. The molecule has 1 aromatic carbocycles. The number of aryl methyl sites for hydroxylation is 1. The maximum Gasteiger partial charge on any atom is 0.321 e. The number of hydrogen-bond acceptors (Lipinski definition) is 6. The second-order valence-electron chi connectivity index (χ2n) is 7.77. The van der Waals surface area contributed by atoms with Crippen molar-refractivity contribution in [1.82, 2.24) is 24.8 Å². The highest BCUT2D eigenvalue weighted by molar-refractivity contribution is 5.90. The van der Waals surface area contributed by atoms with Crippen LogP contribution in [0.5, 0.6) is 0 Å². The van der Waals surface area contributed by atoms with Gasteiger partial charge in [0, 0.05) is 49.8 Å². The van der Waals surface area contributed by atoms with Crippen molar-refractivity contribution in [3.63, 3.8) is 0 Å². The molecule has 1 fully saturated rings. The first kappa shape index (κ1) is 19.9. The molecule has 0 spiro atoms. The maximum absolute atomic E-state index is 12.7. The van der Waals surface area contributed by atoms with Gasteiger partial charge in [0.05, 0.1) is 11.2 Å². The van der Waals surface area contributed by atoms with Crippen LogP contribution in [0.1, 0.15) is 5.56 Å². The van der Waals surface area contributed by atoms with Crippen molar-refractivity contribution in [2.24, 2.45) is 0 Å². The summed E-state index contributed by atoms with van der Waals surface area (Å²) in [6.45, 7) is 4.57. The zero-order chi connectivity index (χ0) is 21.9. The van der Waals surface area contributed by atoms with E-state index in [1.165, 1.54) is 0 Å². The maximum atomic E-state index is 12.7. The Kier molecular flexibility index (Phi) is 5.33. The van der Waals surface area contributed by atoms with E-state index >= 15 is 0 Å². The van der Waals surface area contributed by atoms with E-state index in [-0.39, 0.29) is 6.03 Å². The van der Waals surface area contributed by atoms with Crippen LogP contribution >= 0.6 is 0 Å². The molecule has 0 radical (unpaired) electrons. The number of fused-ring (bicyclic) bond motifs is 1. The van der Waals surface area contributed by atoms with Crippen molar-refractivity contribution in [2.75, 3.05) is 36.4 Å². The van der Waals surface area contributed by atoms with E-state index in [1.807, 2.05) is 60.4 Å². The van der Waals surface area contributed by atoms with Crippen LogP contribution in [0.4, 0.5) is 16.3 Å². The van der Waals surface area contributed by atoms with Crippen LogP contribution in [-0.2, 0) is 0 Å². The molecule has 1 N–H and O–H groups in total. The standard InChI is InChI=1S/C24H23N7O/c1-17-3-2-4-19(15-17)28-24(32)31-13-11-30(12-14-31)23-22-21(26-16-27-23)6-5-20(29-22)18-7-9-25-10-8-18/h2-10,15-16H,11-14H2,1H3,(H,28,32). The molecule has 0 atom stereocenters. The lowest BCUT2D eigenvalue weighted by molar-refractivity contribution is 0.208. The summed E-state index contributed by atoms with van der Waals surface area (Å²) < 4.78 is 0. The summed E-state index contributed by atoms with van der Waals surface area (Å²) in [5.74, 6) is 0.796. The second-order valence-corrected chi connectivity index (χ2v) is 7.77. The van der Waals surface area contributed by atoms with Crippen LogP contribution < -0.4 is 10.2 Å². The summed E-state index contributed by atoms with van der Waals surface area (Å²) in [7, 11) is 0. The molecule has 4 aromatic rings. The number of rotatable bonds is 3. The van der Waals surface area contributed by atoms with Gasteiger partial charge in [0.25, 0.3) is 0 Å². The van der Waals surface area contributed by atoms with Gasteiger partial charge in [-0.3, -0.25) is 4.98 Å². The molecule has 0 unspecified atom stereocenters. The van der Waals surface area contributed by atoms with Gasteiger partial charge < -0.3 is 15.1 Å². The smallest absolute Gasteiger partial charge is 0.321 e. The molecule has 1 aliphatic rings. The lowest BCUT2D eigenvalue weighted by atomic mass is 10.1. The molecular weight excluding hydrogens is 402 g/mol. The van der Waals surface area contributed by atoms with E-state index < -0.39 is 0 Å². The third kappa shape index (κ3) is 4.07. The summed E-state index contributed by atoms with van der Waals surface area (Å²) >= 11 is 0. The Morgan fingerprint density at radius 3 is 2.56 bits per heavy atom. The lowest BCUT2D eigenvalue weighted by Crippen LogP contribution is -2.50. The molecule has 4 heterocycles. The molecule has 5 rings (SSSR count). The highest BCUT2D eigenvalue weighted by atomic mass is 16.2. The van der Waals surface area contributed by atoms with E-state index in [0.29, 0.717) is 26.2 Å². The number of aromatic nitrogens is 4. The Morgan fingerprint density at radius 1 is 0.969 bits per heavy atom. The Morgan fingerprint density at radius 2 is 1.78 bits per heavy atom. The fraction of sp³-hybridized carbons (Fsp3) is 0.208. The van der Waals surface area contributed by atoms with E-state index in [1.54, 1.807) is 18.7 Å². The number of carbonyl (C=O) groups excluding carboxylic acids is 1. The minimum Gasteiger partial charge on any atom is -0.351 e. The molecule has 1 saturated heterocycles. The number of nitrogens with one attached hydrogen (secondary N) is 1. The zero-order valence-corrected chi connectivity index (χ0v) is 17.8. The summed E-state index contributed by atoms with van der Waals surface area (Å²) in [5.41, 5.74) is 5.34. The summed E-state index contributed by atoms with van der Waals surface area (Å²) in [4.78, 5) is 34.5. The number of carbonyl (C=O) groups is 1. The van der Waals surface area contributed by atoms with E-state index in [0.717, 1.165) is 39.4 Å². The monoisotopic (exact) mass is 425 g/mol. The Hall–Kier alpha value is -4.07. The van der Waals surface area contributed by atoms with Crippen molar-refractivity contribution in [1.29, 1.82) is 0 Å². The number of piperazine rings is 1.